The molecular weight excluding hydrogens is 498 g/mol. The van der Waals surface area contributed by atoms with Gasteiger partial charge in [0.2, 0.25) is 0 Å². The number of aliphatic hydroxyl groups excluding tert-OH is 1. The van der Waals surface area contributed by atoms with Crippen LogP contribution in [0.5, 0.6) is 0 Å². The standard InChI is InChI=1S/C26H30F6N4O/c1-15-11-18-17-12-16(28)3-5-20(17)35-24(18)25(36(15)13-26(31,32)14-37)22-19(29)4-6-21(23(22)30)34-10-9-33-8-2-7-27/h3-6,12,15,25,33-35,37H,2,7-11,13-14H2,1H3/t15-,25+/m0/s1. The number of hydrogen-bond acceptors (Lipinski definition) is 4. The molecule has 3 aromatic rings. The van der Waals surface area contributed by atoms with Crippen LogP contribution in [0.2, 0.25) is 0 Å². The molecule has 0 fully saturated rings. The first-order valence-corrected chi connectivity index (χ1v) is 12.2. The van der Waals surface area contributed by atoms with Crippen molar-refractivity contribution < 1.29 is 31.4 Å². The van der Waals surface area contributed by atoms with E-state index < -0.39 is 60.8 Å². The van der Waals surface area contributed by atoms with Crippen LogP contribution in [0.3, 0.4) is 0 Å². The largest absolute Gasteiger partial charge is 0.390 e. The van der Waals surface area contributed by atoms with E-state index in [1.54, 1.807) is 6.92 Å². The van der Waals surface area contributed by atoms with E-state index in [0.29, 0.717) is 41.7 Å². The minimum atomic E-state index is -3.52. The van der Waals surface area contributed by atoms with Gasteiger partial charge in [0.15, 0.2) is 5.82 Å². The maximum atomic E-state index is 15.9. The summed E-state index contributed by atoms with van der Waals surface area (Å²) < 4.78 is 86.3. The van der Waals surface area contributed by atoms with Gasteiger partial charge < -0.3 is 20.7 Å². The quantitative estimate of drug-likeness (QED) is 0.211. The van der Waals surface area contributed by atoms with Gasteiger partial charge >= 0.3 is 0 Å². The Labute approximate surface area is 210 Å². The molecule has 0 radical (unpaired) electrons. The highest BCUT2D eigenvalue weighted by atomic mass is 19.3. The van der Waals surface area contributed by atoms with Gasteiger partial charge in [-0.3, -0.25) is 9.29 Å². The summed E-state index contributed by atoms with van der Waals surface area (Å²) >= 11 is 0. The first kappa shape index (κ1) is 27.3. The SMILES string of the molecule is C[C@H]1Cc2c([nH]c3ccc(F)cc23)[C@@H](c2c(F)ccc(NCCNCCCF)c2F)N1CC(F)(F)CO. The average Bonchev–Trinajstić information content (AvgIpc) is 3.21. The van der Waals surface area contributed by atoms with Crippen molar-refractivity contribution in [2.45, 2.75) is 37.8 Å². The molecule has 4 N–H and O–H groups in total. The highest BCUT2D eigenvalue weighted by Gasteiger charge is 2.43. The summed E-state index contributed by atoms with van der Waals surface area (Å²) in [7, 11) is 0. The topological polar surface area (TPSA) is 63.3 Å². The van der Waals surface area contributed by atoms with Gasteiger partial charge in [0.1, 0.15) is 18.2 Å². The third kappa shape index (κ3) is 5.73. The first-order valence-electron chi connectivity index (χ1n) is 12.2. The van der Waals surface area contributed by atoms with E-state index in [2.05, 4.69) is 15.6 Å². The van der Waals surface area contributed by atoms with Crippen molar-refractivity contribution in [1.82, 2.24) is 15.2 Å². The number of halogens is 6. The van der Waals surface area contributed by atoms with Gasteiger partial charge in [-0.25, -0.2) is 22.0 Å². The van der Waals surface area contributed by atoms with E-state index in [0.717, 1.165) is 6.07 Å². The van der Waals surface area contributed by atoms with Gasteiger partial charge in [0.25, 0.3) is 5.92 Å². The van der Waals surface area contributed by atoms with E-state index in [1.807, 2.05) is 0 Å². The lowest BCUT2D eigenvalue weighted by molar-refractivity contribution is -0.0869. The van der Waals surface area contributed by atoms with Crippen LogP contribution in [0.15, 0.2) is 30.3 Å². The highest BCUT2D eigenvalue weighted by molar-refractivity contribution is 5.85. The van der Waals surface area contributed by atoms with Crippen molar-refractivity contribution in [3.63, 3.8) is 0 Å². The molecule has 2 atom stereocenters. The number of nitrogens with zero attached hydrogens (tertiary/aromatic N) is 1. The van der Waals surface area contributed by atoms with Gasteiger partial charge in [-0.05, 0) is 62.2 Å². The Kier molecular flexibility index (Phi) is 8.35. The number of anilines is 1. The van der Waals surface area contributed by atoms with Crippen molar-refractivity contribution in [3.05, 3.63) is 64.6 Å². The fourth-order valence-electron chi connectivity index (χ4n) is 4.96. The number of aromatic amines is 1. The molecule has 1 aliphatic rings. The third-order valence-corrected chi connectivity index (χ3v) is 6.72. The zero-order chi connectivity index (χ0) is 26.7. The van der Waals surface area contributed by atoms with E-state index in [1.165, 1.54) is 29.2 Å². The summed E-state index contributed by atoms with van der Waals surface area (Å²) in [6.45, 7) is -0.0407. The summed E-state index contributed by atoms with van der Waals surface area (Å²) in [5.74, 6) is -5.86. The molecule has 0 saturated carbocycles. The van der Waals surface area contributed by atoms with Crippen LogP contribution in [0.4, 0.5) is 32.0 Å². The van der Waals surface area contributed by atoms with Crippen molar-refractivity contribution in [2.75, 3.05) is 44.8 Å². The molecule has 1 aliphatic heterocycles. The van der Waals surface area contributed by atoms with Gasteiger partial charge in [0.05, 0.1) is 24.9 Å². The number of aromatic nitrogens is 1. The Morgan fingerprint density at radius 3 is 2.62 bits per heavy atom. The number of nitrogens with one attached hydrogen (secondary N) is 3. The van der Waals surface area contributed by atoms with Crippen molar-refractivity contribution >= 4 is 16.6 Å². The molecule has 0 aliphatic carbocycles. The van der Waals surface area contributed by atoms with E-state index in [4.69, 9.17) is 0 Å². The van der Waals surface area contributed by atoms with Gasteiger partial charge in [-0.2, -0.15) is 0 Å². The molecule has 2 heterocycles. The number of benzene rings is 2. The first-order chi connectivity index (χ1) is 17.7. The molecule has 4 rings (SSSR count). The average molecular weight is 529 g/mol. The van der Waals surface area contributed by atoms with E-state index in [9.17, 15) is 22.7 Å². The number of aliphatic hydroxyl groups is 1. The van der Waals surface area contributed by atoms with Crippen molar-refractivity contribution in [3.8, 4) is 0 Å². The molecule has 5 nitrogen and oxygen atoms in total. The molecule has 202 valence electrons. The molecule has 0 spiro atoms. The second kappa shape index (κ2) is 11.3. The molecule has 0 amide bonds. The van der Waals surface area contributed by atoms with E-state index in [-0.39, 0.29) is 18.7 Å². The van der Waals surface area contributed by atoms with Gasteiger partial charge in [0, 0.05) is 41.3 Å². The number of alkyl halides is 3. The molecule has 11 heteroatoms. The Bertz CT molecular complexity index is 1230. The zero-order valence-corrected chi connectivity index (χ0v) is 20.4. The zero-order valence-electron chi connectivity index (χ0n) is 20.4. The maximum absolute atomic E-state index is 15.9. The number of rotatable bonds is 11. The molecule has 0 bridgehead atoms. The maximum Gasteiger partial charge on any atom is 0.283 e. The molecule has 1 aromatic heterocycles. The second-order valence-electron chi connectivity index (χ2n) is 9.39. The lowest BCUT2D eigenvalue weighted by Crippen LogP contribution is -2.49. The predicted molar refractivity (Wildman–Crippen MR) is 130 cm³/mol. The van der Waals surface area contributed by atoms with Crippen LogP contribution in [0.25, 0.3) is 10.9 Å². The van der Waals surface area contributed by atoms with Crippen LogP contribution in [-0.4, -0.2) is 66.4 Å². The highest BCUT2D eigenvalue weighted by Crippen LogP contribution is 2.44. The third-order valence-electron chi connectivity index (χ3n) is 6.72. The van der Waals surface area contributed by atoms with Crippen LogP contribution >= 0.6 is 0 Å². The lowest BCUT2D eigenvalue weighted by atomic mass is 9.87. The van der Waals surface area contributed by atoms with Crippen molar-refractivity contribution in [2.24, 2.45) is 0 Å². The second-order valence-corrected chi connectivity index (χ2v) is 9.39. The van der Waals surface area contributed by atoms with E-state index >= 15 is 8.78 Å². The molecule has 37 heavy (non-hydrogen) atoms. The predicted octanol–water partition coefficient (Wildman–Crippen LogP) is 4.91. The number of fused-ring (bicyclic) bond motifs is 3. The summed E-state index contributed by atoms with van der Waals surface area (Å²) in [5, 5.41) is 15.6. The summed E-state index contributed by atoms with van der Waals surface area (Å²) in [4.78, 5) is 4.35. The summed E-state index contributed by atoms with van der Waals surface area (Å²) in [6, 6.07) is 4.47. The Balaban J connectivity index is 1.77. The smallest absolute Gasteiger partial charge is 0.283 e. The molecule has 0 saturated heterocycles. The van der Waals surface area contributed by atoms with Crippen molar-refractivity contribution in [1.29, 1.82) is 0 Å². The van der Waals surface area contributed by atoms with Crippen LogP contribution in [0.1, 0.15) is 36.2 Å². The Morgan fingerprint density at radius 1 is 1.11 bits per heavy atom. The molecular formula is C26H30F6N4O. The monoisotopic (exact) mass is 528 g/mol. The summed E-state index contributed by atoms with van der Waals surface area (Å²) in [6.07, 6.45) is 0.586. The lowest BCUT2D eigenvalue weighted by Gasteiger charge is -2.42. The minimum Gasteiger partial charge on any atom is -0.390 e. The minimum absolute atomic E-state index is 0.0144. The Morgan fingerprint density at radius 2 is 1.89 bits per heavy atom. The van der Waals surface area contributed by atoms with Gasteiger partial charge in [-0.15, -0.1) is 0 Å². The van der Waals surface area contributed by atoms with Crippen LogP contribution in [-0.2, 0) is 6.42 Å². The molecule has 0 unspecified atom stereocenters. The summed E-state index contributed by atoms with van der Waals surface area (Å²) in [5.41, 5.74) is 0.984. The molecule has 2 aromatic carbocycles. The normalized spacial score (nSPS) is 18.4. The van der Waals surface area contributed by atoms with Crippen LogP contribution in [0, 0.1) is 17.5 Å². The number of H-pyrrole nitrogens is 1. The fraction of sp³-hybridized carbons (Fsp3) is 0.462. The Hall–Kier alpha value is -2.76. The number of hydrogen-bond donors (Lipinski definition) is 4. The van der Waals surface area contributed by atoms with Gasteiger partial charge in [-0.1, -0.05) is 0 Å². The van der Waals surface area contributed by atoms with Crippen LogP contribution < -0.4 is 10.6 Å². The fourth-order valence-corrected chi connectivity index (χ4v) is 4.96.